The number of aliphatic hydroxyl groups is 1. The number of alkyl carbamates (subject to hydrolysis) is 1. The zero-order valence-corrected chi connectivity index (χ0v) is 18.4. The van der Waals surface area contributed by atoms with Crippen LogP contribution in [0.5, 0.6) is 0 Å². The van der Waals surface area contributed by atoms with Crippen LogP contribution >= 0.6 is 0 Å². The number of carbonyl (C=O) groups excluding carboxylic acids is 2. The van der Waals surface area contributed by atoms with Crippen molar-refractivity contribution in [2.24, 2.45) is 5.92 Å². The number of amides is 2. The Labute approximate surface area is 192 Å². The number of carboxylic acid groups (broad SMARTS) is 1. The van der Waals surface area contributed by atoms with Crippen LogP contribution in [-0.4, -0.2) is 53.0 Å². The molecule has 3 unspecified atom stereocenters. The van der Waals surface area contributed by atoms with Gasteiger partial charge in [0.05, 0.1) is 6.54 Å². The molecule has 2 aromatic carbocycles. The van der Waals surface area contributed by atoms with Crippen molar-refractivity contribution in [3.8, 4) is 11.1 Å². The van der Waals surface area contributed by atoms with Crippen molar-refractivity contribution in [2.45, 2.75) is 43.7 Å². The van der Waals surface area contributed by atoms with Crippen LogP contribution in [0.1, 0.15) is 43.2 Å². The molecule has 33 heavy (non-hydrogen) atoms. The molecule has 8 nitrogen and oxygen atoms in total. The third kappa shape index (κ3) is 4.85. The molecule has 2 aliphatic rings. The van der Waals surface area contributed by atoms with Crippen molar-refractivity contribution in [2.75, 3.05) is 13.2 Å². The Morgan fingerprint density at radius 2 is 1.64 bits per heavy atom. The van der Waals surface area contributed by atoms with Gasteiger partial charge in [0, 0.05) is 17.9 Å². The summed E-state index contributed by atoms with van der Waals surface area (Å²) in [5, 5.41) is 24.0. The maximum Gasteiger partial charge on any atom is 0.407 e. The Bertz CT molecular complexity index is 1020. The molecule has 2 aliphatic carbocycles. The fourth-order valence-electron chi connectivity index (χ4n) is 4.64. The van der Waals surface area contributed by atoms with Crippen LogP contribution in [0, 0.1) is 5.92 Å². The Morgan fingerprint density at radius 1 is 1.03 bits per heavy atom. The smallest absolute Gasteiger partial charge is 0.407 e. The monoisotopic (exact) mass is 452 g/mol. The summed E-state index contributed by atoms with van der Waals surface area (Å²) in [6.45, 7) is 0.981. The molecule has 1 saturated carbocycles. The van der Waals surface area contributed by atoms with E-state index in [1.807, 2.05) is 24.3 Å². The molecule has 2 aromatic rings. The minimum absolute atomic E-state index is 0.0210. The van der Waals surface area contributed by atoms with Gasteiger partial charge in [0.15, 0.2) is 5.60 Å². The van der Waals surface area contributed by atoms with Crippen molar-refractivity contribution in [3.63, 3.8) is 0 Å². The molecule has 4 N–H and O–H groups in total. The number of carboxylic acids is 1. The minimum atomic E-state index is -2.02. The van der Waals surface area contributed by atoms with Crippen LogP contribution in [0.2, 0.25) is 0 Å². The first-order valence-electron chi connectivity index (χ1n) is 11.1. The number of nitrogens with one attached hydrogen (secondary N) is 2. The molecule has 4 rings (SSSR count). The molecule has 1 fully saturated rings. The Kier molecular flexibility index (Phi) is 6.37. The zero-order valence-electron chi connectivity index (χ0n) is 18.4. The normalized spacial score (nSPS) is 20.9. The minimum Gasteiger partial charge on any atom is -0.479 e. The lowest BCUT2D eigenvalue weighted by atomic mass is 9.98. The molecule has 3 atom stereocenters. The molecule has 8 heteroatoms. The van der Waals surface area contributed by atoms with Gasteiger partial charge >= 0.3 is 12.1 Å². The number of benzene rings is 2. The average molecular weight is 453 g/mol. The molecule has 0 spiro atoms. The molecular weight excluding hydrogens is 424 g/mol. The van der Waals surface area contributed by atoms with Crippen molar-refractivity contribution in [1.29, 1.82) is 0 Å². The zero-order chi connectivity index (χ0) is 23.6. The highest BCUT2D eigenvalue weighted by molar-refractivity contribution is 5.82. The molecule has 0 heterocycles. The second-order valence-corrected chi connectivity index (χ2v) is 8.97. The molecule has 0 aromatic heterocycles. The van der Waals surface area contributed by atoms with Crippen LogP contribution in [0.25, 0.3) is 11.1 Å². The molecule has 174 valence electrons. The summed E-state index contributed by atoms with van der Waals surface area (Å²) in [7, 11) is 0. The fraction of sp³-hybridized carbons (Fsp3) is 0.400. The van der Waals surface area contributed by atoms with Gasteiger partial charge in [-0.05, 0) is 48.4 Å². The van der Waals surface area contributed by atoms with E-state index in [9.17, 15) is 19.5 Å². The number of carbonyl (C=O) groups is 3. The van der Waals surface area contributed by atoms with Gasteiger partial charge in [0.1, 0.15) is 6.61 Å². The van der Waals surface area contributed by atoms with Gasteiger partial charge in [-0.25, -0.2) is 9.59 Å². The molecule has 0 bridgehead atoms. The molecule has 0 saturated heterocycles. The molecular formula is C25H28N2O6. The average Bonchev–Trinajstić information content (AvgIpc) is 3.39. The maximum atomic E-state index is 12.5. The van der Waals surface area contributed by atoms with Crippen molar-refractivity contribution >= 4 is 18.0 Å². The van der Waals surface area contributed by atoms with Crippen LogP contribution in [0.4, 0.5) is 4.79 Å². The summed E-state index contributed by atoms with van der Waals surface area (Å²) >= 11 is 0. The summed E-state index contributed by atoms with van der Waals surface area (Å²) in [6, 6.07) is 16.0. The lowest BCUT2D eigenvalue weighted by Gasteiger charge is -2.20. The van der Waals surface area contributed by atoms with Gasteiger partial charge in [-0.15, -0.1) is 0 Å². The summed E-state index contributed by atoms with van der Waals surface area (Å²) in [4.78, 5) is 35.7. The second-order valence-electron chi connectivity index (χ2n) is 8.97. The highest BCUT2D eigenvalue weighted by atomic mass is 16.5. The van der Waals surface area contributed by atoms with E-state index in [1.54, 1.807) is 0 Å². The Hall–Kier alpha value is -3.39. The molecule has 0 radical (unpaired) electrons. The number of rotatable bonds is 7. The SMILES string of the molecule is CC(O)(CNC(=O)C1CCC(NC(=O)OCC2c3ccccc3-c3ccccc32)C1)C(=O)O. The number of hydrogen-bond acceptors (Lipinski definition) is 5. The van der Waals surface area contributed by atoms with Crippen LogP contribution < -0.4 is 10.6 Å². The van der Waals surface area contributed by atoms with E-state index in [1.165, 1.54) is 0 Å². The molecule has 0 aliphatic heterocycles. The van der Waals surface area contributed by atoms with E-state index in [0.29, 0.717) is 19.3 Å². The second kappa shape index (κ2) is 9.23. The Balaban J connectivity index is 1.28. The number of hydrogen-bond donors (Lipinski definition) is 4. The van der Waals surface area contributed by atoms with Gasteiger partial charge in [-0.3, -0.25) is 4.79 Å². The summed E-state index contributed by atoms with van der Waals surface area (Å²) in [6.07, 6.45) is 1.11. The van der Waals surface area contributed by atoms with Gasteiger partial charge in [-0.2, -0.15) is 0 Å². The van der Waals surface area contributed by atoms with E-state index in [2.05, 4.69) is 34.9 Å². The maximum absolute atomic E-state index is 12.5. The number of ether oxygens (including phenoxy) is 1. The van der Waals surface area contributed by atoms with E-state index in [0.717, 1.165) is 29.2 Å². The highest BCUT2D eigenvalue weighted by Crippen LogP contribution is 2.44. The van der Waals surface area contributed by atoms with Gasteiger partial charge in [0.2, 0.25) is 5.91 Å². The molecule has 2 amide bonds. The lowest BCUT2D eigenvalue weighted by molar-refractivity contribution is -0.156. The Morgan fingerprint density at radius 3 is 2.24 bits per heavy atom. The van der Waals surface area contributed by atoms with E-state index < -0.39 is 17.7 Å². The number of fused-ring (bicyclic) bond motifs is 3. The van der Waals surface area contributed by atoms with E-state index in [-0.39, 0.29) is 36.9 Å². The van der Waals surface area contributed by atoms with Gasteiger partial charge in [-0.1, -0.05) is 48.5 Å². The summed E-state index contributed by atoms with van der Waals surface area (Å²) in [5.41, 5.74) is 2.58. The lowest BCUT2D eigenvalue weighted by Crippen LogP contribution is -2.47. The highest BCUT2D eigenvalue weighted by Gasteiger charge is 2.35. The fourth-order valence-corrected chi connectivity index (χ4v) is 4.64. The first-order valence-corrected chi connectivity index (χ1v) is 11.1. The van der Waals surface area contributed by atoms with E-state index in [4.69, 9.17) is 9.84 Å². The standard InChI is InChI=1S/C25H28N2O6/c1-25(32,23(29)30)14-26-22(28)15-10-11-16(12-15)27-24(31)33-13-21-19-8-4-2-6-17(19)18-7-3-5-9-20(18)21/h2-9,15-16,21,32H,10-14H2,1H3,(H,26,28)(H,27,31)(H,29,30). The predicted molar refractivity (Wildman–Crippen MR) is 121 cm³/mol. The van der Waals surface area contributed by atoms with Crippen molar-refractivity contribution in [3.05, 3.63) is 59.7 Å². The first-order chi connectivity index (χ1) is 15.8. The summed E-state index contributed by atoms with van der Waals surface area (Å²) < 4.78 is 5.57. The van der Waals surface area contributed by atoms with E-state index >= 15 is 0 Å². The van der Waals surface area contributed by atoms with Crippen LogP contribution in [-0.2, 0) is 14.3 Å². The summed E-state index contributed by atoms with van der Waals surface area (Å²) in [5.74, 6) is -2.10. The van der Waals surface area contributed by atoms with Crippen molar-refractivity contribution in [1.82, 2.24) is 10.6 Å². The predicted octanol–water partition coefficient (Wildman–Crippen LogP) is 2.65. The largest absolute Gasteiger partial charge is 0.479 e. The number of aliphatic carboxylic acids is 1. The van der Waals surface area contributed by atoms with Gasteiger partial charge in [0.25, 0.3) is 0 Å². The quantitative estimate of drug-likeness (QED) is 0.512. The van der Waals surface area contributed by atoms with Gasteiger partial charge < -0.3 is 25.6 Å². The third-order valence-electron chi connectivity index (χ3n) is 6.54. The topological polar surface area (TPSA) is 125 Å². The first kappa shape index (κ1) is 22.8. The van der Waals surface area contributed by atoms with Crippen LogP contribution in [0.15, 0.2) is 48.5 Å². The van der Waals surface area contributed by atoms with Crippen LogP contribution in [0.3, 0.4) is 0 Å². The third-order valence-corrected chi connectivity index (χ3v) is 6.54. The van der Waals surface area contributed by atoms with Crippen molar-refractivity contribution < 1.29 is 29.3 Å².